The van der Waals surface area contributed by atoms with Gasteiger partial charge in [-0.3, -0.25) is 14.5 Å². The highest BCUT2D eigenvalue weighted by Crippen LogP contribution is 2.27. The molecule has 0 aromatic heterocycles. The Labute approximate surface area is 154 Å². The fourth-order valence-electron chi connectivity index (χ4n) is 2.59. The van der Waals surface area contributed by atoms with Gasteiger partial charge in [-0.15, -0.1) is 12.4 Å². The van der Waals surface area contributed by atoms with Crippen molar-refractivity contribution in [2.75, 3.05) is 25.5 Å². The first-order chi connectivity index (χ1) is 11.4. The summed E-state index contributed by atoms with van der Waals surface area (Å²) in [5.74, 6) is -0.836. The second-order valence-corrected chi connectivity index (χ2v) is 5.92. The van der Waals surface area contributed by atoms with Crippen LogP contribution in [0.1, 0.15) is 25.8 Å². The smallest absolute Gasteiger partial charge is 0.271 e. The van der Waals surface area contributed by atoms with E-state index in [4.69, 9.17) is 0 Å². The molecule has 1 aromatic carbocycles. The van der Waals surface area contributed by atoms with Crippen LogP contribution < -0.4 is 4.90 Å². The van der Waals surface area contributed by atoms with E-state index in [-0.39, 0.29) is 23.9 Å². The molecule has 0 atom stereocenters. The van der Waals surface area contributed by atoms with Gasteiger partial charge < -0.3 is 4.90 Å². The van der Waals surface area contributed by atoms with Crippen molar-refractivity contribution in [1.82, 2.24) is 4.90 Å². The monoisotopic (exact) mass is 359 g/mol. The van der Waals surface area contributed by atoms with Gasteiger partial charge in [-0.25, -0.2) is 0 Å². The Bertz CT molecular complexity index is 771. The van der Waals surface area contributed by atoms with Crippen LogP contribution in [0.5, 0.6) is 0 Å². The summed E-state index contributed by atoms with van der Waals surface area (Å²) in [6, 6.07) is 9.68. The molecular weight excluding hydrogens is 338 g/mol. The van der Waals surface area contributed by atoms with Crippen LogP contribution in [0.25, 0.3) is 6.08 Å². The summed E-state index contributed by atoms with van der Waals surface area (Å²) in [6.45, 7) is 3.85. The number of amides is 2. The van der Waals surface area contributed by atoms with Crippen LogP contribution in [-0.2, 0) is 9.59 Å². The van der Waals surface area contributed by atoms with E-state index in [2.05, 4.69) is 0 Å². The number of hydrogen-bond donors (Lipinski definition) is 0. The Kier molecular flexibility index (Phi) is 6.96. The third-order valence-electron chi connectivity index (χ3n) is 3.99. The second-order valence-electron chi connectivity index (χ2n) is 5.92. The molecular formula is C19H22ClN3O2. The molecule has 25 heavy (non-hydrogen) atoms. The lowest BCUT2D eigenvalue weighted by molar-refractivity contribution is -0.140. The molecule has 0 saturated heterocycles. The van der Waals surface area contributed by atoms with Gasteiger partial charge >= 0.3 is 0 Å². The van der Waals surface area contributed by atoms with E-state index in [0.717, 1.165) is 16.2 Å². The maximum absolute atomic E-state index is 12.7. The molecule has 6 heteroatoms. The number of rotatable bonds is 4. The number of hydrogen-bond acceptors (Lipinski definition) is 4. The van der Waals surface area contributed by atoms with Gasteiger partial charge in [0.15, 0.2) is 0 Å². The average molecular weight is 360 g/mol. The van der Waals surface area contributed by atoms with Crippen LogP contribution in [0.3, 0.4) is 0 Å². The van der Waals surface area contributed by atoms with E-state index in [1.807, 2.05) is 56.3 Å². The maximum Gasteiger partial charge on any atom is 0.271 e. The number of nitrogens with zero attached hydrogens (tertiary/aromatic N) is 3. The lowest BCUT2D eigenvalue weighted by atomic mass is 9.93. The first-order valence-electron chi connectivity index (χ1n) is 7.87. The Hall–Kier alpha value is -2.58. The van der Waals surface area contributed by atoms with E-state index in [0.29, 0.717) is 24.1 Å². The molecule has 0 spiro atoms. The van der Waals surface area contributed by atoms with Crippen LogP contribution >= 0.6 is 12.4 Å². The highest BCUT2D eigenvalue weighted by molar-refractivity contribution is 6.19. The van der Waals surface area contributed by atoms with E-state index < -0.39 is 5.91 Å². The van der Waals surface area contributed by atoms with Gasteiger partial charge in [0, 0.05) is 31.9 Å². The topological polar surface area (TPSA) is 64.4 Å². The molecule has 2 amide bonds. The Morgan fingerprint density at radius 2 is 1.76 bits per heavy atom. The number of anilines is 1. The third-order valence-corrected chi connectivity index (χ3v) is 3.99. The van der Waals surface area contributed by atoms with Gasteiger partial charge in [-0.05, 0) is 42.7 Å². The van der Waals surface area contributed by atoms with Crippen LogP contribution in [0.2, 0.25) is 0 Å². The summed E-state index contributed by atoms with van der Waals surface area (Å²) in [6.07, 6.45) is 2.39. The molecule has 1 aromatic rings. The molecule has 5 nitrogen and oxygen atoms in total. The zero-order valence-corrected chi connectivity index (χ0v) is 15.7. The maximum atomic E-state index is 12.7. The molecule has 2 rings (SSSR count). The minimum atomic E-state index is -0.498. The average Bonchev–Trinajstić information content (AvgIpc) is 2.56. The predicted molar refractivity (Wildman–Crippen MR) is 101 cm³/mol. The molecule has 0 saturated carbocycles. The number of carbonyl (C=O) groups excluding carboxylic acids is 2. The number of imide groups is 1. The quantitative estimate of drug-likeness (QED) is 0.611. The second kappa shape index (κ2) is 8.50. The number of benzene rings is 1. The largest absolute Gasteiger partial charge is 0.378 e. The highest BCUT2D eigenvalue weighted by Gasteiger charge is 2.34. The van der Waals surface area contributed by atoms with Gasteiger partial charge in [0.05, 0.1) is 0 Å². The first-order valence-corrected chi connectivity index (χ1v) is 7.87. The molecule has 0 fully saturated rings. The normalized spacial score (nSPS) is 16.0. The Morgan fingerprint density at radius 3 is 2.24 bits per heavy atom. The lowest BCUT2D eigenvalue weighted by Gasteiger charge is -2.27. The standard InChI is InChI=1S/C19H21N3O2.ClH/c1-5-10-22-18(23)16(13(2)17(12-20)19(22)24)11-14-6-8-15(9-7-14)21(3)4;/h6-9,11H,5,10H2,1-4H3;1H. The fraction of sp³-hybridized carbons (Fsp3) is 0.316. The summed E-state index contributed by atoms with van der Waals surface area (Å²) in [5, 5.41) is 9.29. The molecule has 0 unspecified atom stereocenters. The summed E-state index contributed by atoms with van der Waals surface area (Å²) < 4.78 is 0. The van der Waals surface area contributed by atoms with Crippen molar-refractivity contribution in [3.05, 3.63) is 46.5 Å². The van der Waals surface area contributed by atoms with E-state index in [9.17, 15) is 14.9 Å². The predicted octanol–water partition coefficient (Wildman–Crippen LogP) is 3.18. The van der Waals surface area contributed by atoms with E-state index in [1.54, 1.807) is 13.0 Å². The SMILES string of the molecule is CCCN1C(=O)C(=Cc2ccc(N(C)C)cc2)C(C)=C(C#N)C1=O.Cl. The molecule has 0 radical (unpaired) electrons. The third kappa shape index (κ3) is 4.09. The Balaban J connectivity index is 0.00000312. The van der Waals surface area contributed by atoms with Gasteiger partial charge in [-0.2, -0.15) is 5.26 Å². The van der Waals surface area contributed by atoms with Gasteiger partial charge in [0.2, 0.25) is 0 Å². The van der Waals surface area contributed by atoms with Crippen molar-refractivity contribution in [3.8, 4) is 6.07 Å². The van der Waals surface area contributed by atoms with Gasteiger partial charge in [0.1, 0.15) is 11.6 Å². The zero-order chi connectivity index (χ0) is 17.9. The molecule has 0 N–H and O–H groups in total. The van der Waals surface area contributed by atoms with Crippen LogP contribution in [0.15, 0.2) is 41.0 Å². The summed E-state index contributed by atoms with van der Waals surface area (Å²) >= 11 is 0. The summed E-state index contributed by atoms with van der Waals surface area (Å²) in [7, 11) is 3.91. The van der Waals surface area contributed by atoms with Crippen molar-refractivity contribution in [2.24, 2.45) is 0 Å². The number of halogens is 1. The summed E-state index contributed by atoms with van der Waals surface area (Å²) in [4.78, 5) is 28.1. The minimum Gasteiger partial charge on any atom is -0.378 e. The van der Waals surface area contributed by atoms with Crippen LogP contribution in [0.4, 0.5) is 5.69 Å². The molecule has 1 aliphatic heterocycles. The van der Waals surface area contributed by atoms with Crippen molar-refractivity contribution < 1.29 is 9.59 Å². The van der Waals surface area contributed by atoms with Crippen molar-refractivity contribution >= 4 is 36.0 Å². The zero-order valence-electron chi connectivity index (χ0n) is 14.9. The van der Waals surface area contributed by atoms with Crippen molar-refractivity contribution in [2.45, 2.75) is 20.3 Å². The number of carbonyl (C=O) groups is 2. The number of nitriles is 1. The van der Waals surface area contributed by atoms with Gasteiger partial charge in [0.25, 0.3) is 11.8 Å². The lowest BCUT2D eigenvalue weighted by Crippen LogP contribution is -2.43. The molecule has 132 valence electrons. The first kappa shape index (κ1) is 20.5. The Morgan fingerprint density at radius 1 is 1.16 bits per heavy atom. The molecule has 1 aliphatic rings. The minimum absolute atomic E-state index is 0. The van der Waals surface area contributed by atoms with E-state index >= 15 is 0 Å². The molecule has 1 heterocycles. The van der Waals surface area contributed by atoms with Crippen LogP contribution in [-0.4, -0.2) is 37.4 Å². The van der Waals surface area contributed by atoms with E-state index in [1.165, 1.54) is 0 Å². The van der Waals surface area contributed by atoms with Crippen molar-refractivity contribution in [3.63, 3.8) is 0 Å². The van der Waals surface area contributed by atoms with Crippen molar-refractivity contribution in [1.29, 1.82) is 5.26 Å². The summed E-state index contributed by atoms with van der Waals surface area (Å²) in [5.41, 5.74) is 2.79. The highest BCUT2D eigenvalue weighted by atomic mass is 35.5. The fourth-order valence-corrected chi connectivity index (χ4v) is 2.59. The molecule has 0 bridgehead atoms. The molecule has 0 aliphatic carbocycles. The van der Waals surface area contributed by atoms with Gasteiger partial charge in [-0.1, -0.05) is 19.1 Å². The van der Waals surface area contributed by atoms with Crippen LogP contribution in [0, 0.1) is 11.3 Å².